The van der Waals surface area contributed by atoms with Gasteiger partial charge in [0.2, 0.25) is 5.91 Å². The van der Waals surface area contributed by atoms with E-state index in [1.54, 1.807) is 30.6 Å². The first kappa shape index (κ1) is 50.1. The molecule has 6 atom stereocenters. The number of amides is 1. The molecule has 2 aromatic heterocycles. The zero-order valence-corrected chi connectivity index (χ0v) is 40.7. The van der Waals surface area contributed by atoms with Crippen LogP contribution in [0.4, 0.5) is 11.5 Å². The predicted octanol–water partition coefficient (Wildman–Crippen LogP) is 2.71. The smallest absolute Gasteiger partial charge is 0.233 e. The number of aliphatic hydroxyl groups is 2. The average molecular weight is 953 g/mol. The fourth-order valence-corrected chi connectivity index (χ4v) is 12.6. The van der Waals surface area contributed by atoms with Crippen molar-refractivity contribution in [1.29, 1.82) is 0 Å². The molecule has 20 heteroatoms. The van der Waals surface area contributed by atoms with Crippen molar-refractivity contribution in [2.24, 2.45) is 44.4 Å². The molecule has 0 bridgehead atoms. The minimum Gasteiger partial charge on any atom is -0.387 e. The summed E-state index contributed by atoms with van der Waals surface area (Å²) in [5, 5.41) is 30.9. The third-order valence-electron chi connectivity index (χ3n) is 16.4. The number of β-amino-alcohol motifs (C(OH)–C–C–N with tert-alkyl or cyclic N) is 2. The third-order valence-corrected chi connectivity index (χ3v) is 16.4. The quantitative estimate of drug-likeness (QED) is 0.0772. The number of pyridine rings is 2. The number of aliphatic hydroxyl groups excluding tert-OH is 2. The van der Waals surface area contributed by atoms with Gasteiger partial charge in [-0.3, -0.25) is 29.3 Å². The van der Waals surface area contributed by atoms with Crippen LogP contribution in [-0.4, -0.2) is 140 Å². The summed E-state index contributed by atoms with van der Waals surface area (Å²) in [4.78, 5) is 55.4. The fraction of sp³-hybridized carbons (Fsp3) is 0.612. The number of piperidine rings is 2. The molecule has 3 spiro atoms. The molecule has 69 heavy (non-hydrogen) atoms. The number of aromatic nitrogens is 2. The molecule has 2 saturated carbocycles. The standard InChI is InChI=1S/C25H33N7O3.C22H33N7O3.C2H6/c1-15-18(4-5-19(15)33)30-9-8-24(23(30)35)10-22-25(13-24)7-6-21(25)31(22)12-20(34)17-3-2-16(11-28-17)32(27)14-29-26;1-16-18(3-4-19(16)30)28-10-11-32-22(14-28)6-8-27(9-7-22)13-20(31)17-2-5-21(25-12-17)29(24)15-26-23;1-2/h2-3,11,14,20-22,34H,4-10,12-13,26-27H2,1H3;2,5,12,15,20,31H,3-4,6-11,13-14,23-24H2,1H3;1-2H3/b29-14-;26-15-;/t;20-;/m.0./s1. The normalized spacial score (nSPS) is 28.4. The molecule has 8 aliphatic rings. The van der Waals surface area contributed by atoms with Gasteiger partial charge in [-0.05, 0) is 89.8 Å². The van der Waals surface area contributed by atoms with E-state index in [0.29, 0.717) is 68.2 Å². The lowest BCUT2D eigenvalue weighted by Gasteiger charge is -2.69. The van der Waals surface area contributed by atoms with Gasteiger partial charge in [0.1, 0.15) is 24.6 Å². The Morgan fingerprint density at radius 2 is 1.51 bits per heavy atom. The summed E-state index contributed by atoms with van der Waals surface area (Å²) in [6, 6.07) is 7.82. The number of morpholine rings is 1. The number of likely N-dealkylation sites (tertiary alicyclic amines) is 3. The molecule has 374 valence electrons. The number of hydrogen-bond acceptors (Lipinski definition) is 17. The summed E-state index contributed by atoms with van der Waals surface area (Å²) in [6.07, 6.45) is 13.9. The van der Waals surface area contributed by atoms with Gasteiger partial charge >= 0.3 is 0 Å². The molecule has 4 aliphatic carbocycles. The summed E-state index contributed by atoms with van der Waals surface area (Å²) in [6.45, 7) is 13.7. The molecule has 10 N–H and O–H groups in total. The van der Waals surface area contributed by atoms with Gasteiger partial charge in [0, 0.05) is 110 Å². The minimum atomic E-state index is -0.721. The molecule has 20 nitrogen and oxygen atoms in total. The number of anilines is 2. The maximum absolute atomic E-state index is 13.7. The number of hydrazone groups is 2. The fourth-order valence-electron chi connectivity index (χ4n) is 12.6. The molecule has 1 amide bonds. The van der Waals surface area contributed by atoms with Crippen molar-refractivity contribution in [3.63, 3.8) is 0 Å². The number of hydrazine groups is 2. The number of carbonyl (C=O) groups is 3. The van der Waals surface area contributed by atoms with Crippen LogP contribution in [0.3, 0.4) is 0 Å². The highest BCUT2D eigenvalue weighted by atomic mass is 16.5. The Morgan fingerprint density at radius 3 is 2.10 bits per heavy atom. The zero-order valence-electron chi connectivity index (χ0n) is 40.7. The molecule has 6 fully saturated rings. The van der Waals surface area contributed by atoms with E-state index in [2.05, 4.69) is 34.9 Å². The van der Waals surface area contributed by atoms with Crippen LogP contribution < -0.4 is 33.4 Å². The van der Waals surface area contributed by atoms with Crippen molar-refractivity contribution in [3.8, 4) is 0 Å². The summed E-state index contributed by atoms with van der Waals surface area (Å²) in [7, 11) is 0. The molecular formula is C49H72N14O6. The van der Waals surface area contributed by atoms with Gasteiger partial charge in [0.05, 0.1) is 41.3 Å². The Labute approximate surface area is 405 Å². The van der Waals surface area contributed by atoms with Gasteiger partial charge in [-0.2, -0.15) is 10.2 Å². The molecule has 10 rings (SSSR count). The number of nitrogens with two attached hydrogens (primary N) is 4. The van der Waals surface area contributed by atoms with Crippen LogP contribution in [0.1, 0.15) is 122 Å². The zero-order chi connectivity index (χ0) is 49.3. The second-order valence-electron chi connectivity index (χ2n) is 19.9. The van der Waals surface area contributed by atoms with E-state index in [1.807, 2.05) is 38.7 Å². The van der Waals surface area contributed by atoms with E-state index < -0.39 is 12.2 Å². The van der Waals surface area contributed by atoms with E-state index in [9.17, 15) is 24.6 Å². The van der Waals surface area contributed by atoms with E-state index >= 15 is 0 Å². The Morgan fingerprint density at radius 1 is 0.812 bits per heavy atom. The second kappa shape index (κ2) is 20.5. The van der Waals surface area contributed by atoms with Crippen LogP contribution in [-0.2, 0) is 19.1 Å². The lowest BCUT2D eigenvalue weighted by atomic mass is 9.53. The predicted molar refractivity (Wildman–Crippen MR) is 262 cm³/mol. The molecule has 0 radical (unpaired) electrons. The topological polar surface area (TPSA) is 275 Å². The van der Waals surface area contributed by atoms with E-state index in [-0.39, 0.29) is 33.9 Å². The van der Waals surface area contributed by atoms with Crippen LogP contribution in [0, 0.1) is 10.8 Å². The molecule has 0 aromatic carbocycles. The van der Waals surface area contributed by atoms with Gasteiger partial charge in [-0.15, -0.1) is 0 Å². The molecule has 2 aromatic rings. The lowest BCUT2D eigenvalue weighted by Crippen LogP contribution is -2.74. The van der Waals surface area contributed by atoms with E-state index in [0.717, 1.165) is 106 Å². The summed E-state index contributed by atoms with van der Waals surface area (Å²) in [5.41, 5.74) is 5.52. The van der Waals surface area contributed by atoms with Crippen LogP contribution >= 0.6 is 0 Å². The highest BCUT2D eigenvalue weighted by Gasteiger charge is 2.74. The monoisotopic (exact) mass is 953 g/mol. The summed E-state index contributed by atoms with van der Waals surface area (Å²) in [5.74, 6) is 23.0. The number of Topliss-reactive ketones (excluding diaryl/α,β-unsaturated/α-hetero) is 2. The Kier molecular flexibility index (Phi) is 14.9. The minimum absolute atomic E-state index is 0.170. The molecule has 4 saturated heterocycles. The second-order valence-corrected chi connectivity index (χ2v) is 19.9. The van der Waals surface area contributed by atoms with Crippen LogP contribution in [0.5, 0.6) is 0 Å². The highest BCUT2D eigenvalue weighted by molar-refractivity contribution is 6.00. The number of nitrogens with zero attached hydrogens (tertiary/aromatic N) is 10. The number of ketones is 2. The number of rotatable bonds is 12. The Bertz CT molecular complexity index is 2330. The van der Waals surface area contributed by atoms with Gasteiger partial charge < -0.3 is 41.3 Å². The van der Waals surface area contributed by atoms with Crippen LogP contribution in [0.15, 0.2) is 69.4 Å². The van der Waals surface area contributed by atoms with E-state index in [1.165, 1.54) is 28.4 Å². The van der Waals surface area contributed by atoms with Gasteiger partial charge in [-0.1, -0.05) is 19.9 Å². The first-order valence-electron chi connectivity index (χ1n) is 24.7. The summed E-state index contributed by atoms with van der Waals surface area (Å²) >= 11 is 0. The third kappa shape index (κ3) is 9.51. The lowest BCUT2D eigenvalue weighted by molar-refractivity contribution is -0.198. The largest absolute Gasteiger partial charge is 0.387 e. The van der Waals surface area contributed by atoms with Gasteiger partial charge in [0.25, 0.3) is 0 Å². The first-order valence-corrected chi connectivity index (χ1v) is 24.7. The SMILES string of the molecule is CC.CC1=C(N2CCC3(CC4N(CC(O)c5ccc(N(N)/C=N\N)cn5)C5CCC54C3)C2=O)CCC1=O.CC1=C(N2CCOC3(CCN(C[C@H](O)c4ccc(N(N)/C=N\N)nc4)CC3)C2)CCC1=O. The highest BCUT2D eigenvalue weighted by Crippen LogP contribution is 2.71. The summed E-state index contributed by atoms with van der Waals surface area (Å²) < 4.78 is 6.27. The number of ether oxygens (including phenoxy) is 1. The maximum Gasteiger partial charge on any atom is 0.233 e. The number of carbonyl (C=O) groups excluding carboxylic acids is 3. The van der Waals surface area contributed by atoms with Crippen molar-refractivity contribution in [1.82, 2.24) is 29.6 Å². The Balaban J connectivity index is 0.000000180. The Hall–Kier alpha value is -5.35. The molecule has 4 aliphatic heterocycles. The first-order chi connectivity index (χ1) is 33.2. The van der Waals surface area contributed by atoms with Crippen molar-refractivity contribution < 1.29 is 29.3 Å². The molecular weight excluding hydrogens is 881 g/mol. The maximum atomic E-state index is 13.7. The average Bonchev–Trinajstić information content (AvgIpc) is 4.09. The number of allylic oxidation sites excluding steroid dienone is 4. The van der Waals surface area contributed by atoms with E-state index in [4.69, 9.17) is 28.1 Å². The van der Waals surface area contributed by atoms with Crippen molar-refractivity contribution >= 4 is 41.7 Å². The van der Waals surface area contributed by atoms with Crippen LogP contribution in [0.25, 0.3) is 0 Å². The van der Waals surface area contributed by atoms with Gasteiger partial charge in [0.15, 0.2) is 11.6 Å². The van der Waals surface area contributed by atoms with Gasteiger partial charge in [-0.25, -0.2) is 21.7 Å². The van der Waals surface area contributed by atoms with Crippen molar-refractivity contribution in [2.75, 3.05) is 62.4 Å². The van der Waals surface area contributed by atoms with Crippen LogP contribution in [0.2, 0.25) is 0 Å². The van der Waals surface area contributed by atoms with Crippen molar-refractivity contribution in [2.45, 2.75) is 128 Å². The molecule has 6 heterocycles. The van der Waals surface area contributed by atoms with Crippen molar-refractivity contribution in [3.05, 3.63) is 70.5 Å². The number of hydrogen-bond donors (Lipinski definition) is 6. The molecule has 5 unspecified atom stereocenters.